The van der Waals surface area contributed by atoms with E-state index < -0.39 is 17.7 Å². The molecule has 1 spiro atoms. The van der Waals surface area contributed by atoms with Crippen LogP contribution in [0.5, 0.6) is 0 Å². The summed E-state index contributed by atoms with van der Waals surface area (Å²) in [6.45, 7) is 4.89. The maximum absolute atomic E-state index is 12.2. The van der Waals surface area contributed by atoms with Crippen LogP contribution in [0.2, 0.25) is 0 Å². The highest BCUT2D eigenvalue weighted by Crippen LogP contribution is 2.51. The van der Waals surface area contributed by atoms with Crippen LogP contribution in [0, 0.1) is 17.8 Å². The van der Waals surface area contributed by atoms with Crippen LogP contribution in [0.3, 0.4) is 0 Å². The summed E-state index contributed by atoms with van der Waals surface area (Å²) in [5.41, 5.74) is 0. The molecule has 0 radical (unpaired) electrons. The molecule has 1 aliphatic carbocycles. The summed E-state index contributed by atoms with van der Waals surface area (Å²) in [4.78, 5) is 24.3. The molecule has 24 heavy (non-hydrogen) atoms. The number of hydrogen-bond donors (Lipinski definition) is 0. The van der Waals surface area contributed by atoms with Gasteiger partial charge in [0.2, 0.25) is 0 Å². The molecule has 1 aliphatic heterocycles. The Bertz CT molecular complexity index is 427. The number of Topliss-reactive ketones (excluding diaryl/α,β-unsaturated/α-hetero) is 1. The minimum Gasteiger partial charge on any atom is -0.468 e. The van der Waals surface area contributed by atoms with Gasteiger partial charge in [0.25, 0.3) is 0 Å². The zero-order valence-corrected chi connectivity index (χ0v) is 15.3. The van der Waals surface area contributed by atoms with Gasteiger partial charge in [-0.2, -0.15) is 0 Å². The van der Waals surface area contributed by atoms with Crippen molar-refractivity contribution in [1.29, 1.82) is 0 Å². The monoisotopic (exact) mass is 340 g/mol. The zero-order valence-electron chi connectivity index (χ0n) is 15.3. The Hall–Kier alpha value is -0.940. The van der Waals surface area contributed by atoms with Crippen LogP contribution in [0.15, 0.2) is 0 Å². The van der Waals surface area contributed by atoms with Crippen molar-refractivity contribution in [1.82, 2.24) is 0 Å². The smallest absolute Gasteiger partial charge is 0.316 e. The molecule has 5 heteroatoms. The molecule has 2 aliphatic rings. The lowest BCUT2D eigenvalue weighted by molar-refractivity contribution is -0.191. The Balaban J connectivity index is 2.09. The Kier molecular flexibility index (Phi) is 7.23. The van der Waals surface area contributed by atoms with E-state index in [9.17, 15) is 9.59 Å². The number of hydrogen-bond acceptors (Lipinski definition) is 5. The van der Waals surface area contributed by atoms with E-state index in [0.29, 0.717) is 13.2 Å². The van der Waals surface area contributed by atoms with E-state index in [2.05, 4.69) is 6.92 Å². The first-order valence-electron chi connectivity index (χ1n) is 9.42. The molecule has 0 aromatic carbocycles. The summed E-state index contributed by atoms with van der Waals surface area (Å²) in [5.74, 6) is -1.76. The lowest BCUT2D eigenvalue weighted by atomic mass is 9.78. The minimum atomic E-state index is -0.692. The van der Waals surface area contributed by atoms with Crippen LogP contribution in [0.1, 0.15) is 65.2 Å². The van der Waals surface area contributed by atoms with E-state index in [1.54, 1.807) is 0 Å². The molecule has 0 N–H and O–H groups in total. The molecule has 1 heterocycles. The largest absolute Gasteiger partial charge is 0.468 e. The maximum atomic E-state index is 12.2. The van der Waals surface area contributed by atoms with Gasteiger partial charge in [-0.15, -0.1) is 0 Å². The molecule has 0 amide bonds. The van der Waals surface area contributed by atoms with Gasteiger partial charge in [0.1, 0.15) is 11.7 Å². The third kappa shape index (κ3) is 4.17. The van der Waals surface area contributed by atoms with E-state index in [-0.39, 0.29) is 17.6 Å². The third-order valence-corrected chi connectivity index (χ3v) is 5.62. The molecule has 0 bridgehead atoms. The Labute approximate surface area is 145 Å². The first-order chi connectivity index (χ1) is 11.6. The second-order valence-corrected chi connectivity index (χ2v) is 7.13. The quantitative estimate of drug-likeness (QED) is 0.365. The van der Waals surface area contributed by atoms with Crippen molar-refractivity contribution >= 4 is 11.8 Å². The molecule has 1 saturated carbocycles. The lowest BCUT2D eigenvalue weighted by Gasteiger charge is -2.34. The summed E-state index contributed by atoms with van der Waals surface area (Å²) in [6.07, 6.45) is 8.45. The van der Waals surface area contributed by atoms with Gasteiger partial charge in [-0.25, -0.2) is 0 Å². The first kappa shape index (κ1) is 19.4. The number of unbranched alkanes of at least 4 members (excludes halogenated alkanes) is 4. The van der Waals surface area contributed by atoms with Gasteiger partial charge < -0.3 is 14.2 Å². The van der Waals surface area contributed by atoms with Crippen molar-refractivity contribution in [2.75, 3.05) is 20.3 Å². The molecule has 2 fully saturated rings. The normalized spacial score (nSPS) is 26.6. The fraction of sp³-hybridized carbons (Fsp3) is 0.895. The van der Waals surface area contributed by atoms with Crippen molar-refractivity contribution in [3.63, 3.8) is 0 Å². The van der Waals surface area contributed by atoms with Gasteiger partial charge in [-0.3, -0.25) is 9.59 Å². The van der Waals surface area contributed by atoms with Crippen LogP contribution in [0.4, 0.5) is 0 Å². The van der Waals surface area contributed by atoms with Gasteiger partial charge >= 0.3 is 5.97 Å². The highest BCUT2D eigenvalue weighted by Gasteiger charge is 2.56. The van der Waals surface area contributed by atoms with Crippen molar-refractivity contribution in [3.05, 3.63) is 0 Å². The van der Waals surface area contributed by atoms with Gasteiger partial charge in [0.05, 0.1) is 20.3 Å². The SMILES string of the molecule is CCCCCCCC1C(C(C(C)=O)C(=O)OC)CCC12OCCO2. The molecule has 0 aromatic rings. The summed E-state index contributed by atoms with van der Waals surface area (Å²) in [7, 11) is 1.35. The zero-order chi connectivity index (χ0) is 17.6. The number of carbonyl (C=O) groups is 2. The van der Waals surface area contributed by atoms with E-state index in [0.717, 1.165) is 25.7 Å². The number of ketones is 1. The van der Waals surface area contributed by atoms with Crippen molar-refractivity contribution in [2.24, 2.45) is 17.8 Å². The number of methoxy groups -OCH3 is 1. The molecule has 0 aromatic heterocycles. The Morgan fingerprint density at radius 3 is 2.42 bits per heavy atom. The van der Waals surface area contributed by atoms with E-state index in [4.69, 9.17) is 14.2 Å². The molecule has 138 valence electrons. The standard InChI is InChI=1S/C19H32O5/c1-4-5-6-7-8-9-16-15(17(14(2)20)18(21)22-3)10-11-19(16)23-12-13-24-19/h15-17H,4-13H2,1-3H3. The summed E-state index contributed by atoms with van der Waals surface area (Å²) in [6, 6.07) is 0. The molecule has 3 unspecified atom stereocenters. The predicted molar refractivity (Wildman–Crippen MR) is 90.4 cm³/mol. The molecular weight excluding hydrogens is 308 g/mol. The topological polar surface area (TPSA) is 61.8 Å². The van der Waals surface area contributed by atoms with Gasteiger partial charge in [-0.1, -0.05) is 39.0 Å². The van der Waals surface area contributed by atoms with Crippen LogP contribution in [-0.2, 0) is 23.8 Å². The van der Waals surface area contributed by atoms with Crippen LogP contribution < -0.4 is 0 Å². The van der Waals surface area contributed by atoms with Gasteiger partial charge in [-0.05, 0) is 25.7 Å². The van der Waals surface area contributed by atoms with Gasteiger partial charge in [0.15, 0.2) is 5.79 Å². The highest BCUT2D eigenvalue weighted by molar-refractivity contribution is 5.98. The van der Waals surface area contributed by atoms with Gasteiger partial charge in [0, 0.05) is 12.3 Å². The summed E-state index contributed by atoms with van der Waals surface area (Å²) < 4.78 is 16.9. The number of rotatable bonds is 9. The molecule has 2 rings (SSSR count). The molecule has 1 saturated heterocycles. The second kappa shape index (κ2) is 8.95. The molecule has 5 nitrogen and oxygen atoms in total. The predicted octanol–water partition coefficient (Wildman–Crippen LogP) is 3.49. The first-order valence-corrected chi connectivity index (χ1v) is 9.42. The fourth-order valence-electron chi connectivity index (χ4n) is 4.48. The molecular formula is C19H32O5. The van der Waals surface area contributed by atoms with E-state index in [1.165, 1.54) is 39.7 Å². The fourth-order valence-corrected chi connectivity index (χ4v) is 4.48. The lowest BCUT2D eigenvalue weighted by Crippen LogP contribution is -2.41. The average molecular weight is 340 g/mol. The van der Waals surface area contributed by atoms with Crippen molar-refractivity contribution < 1.29 is 23.8 Å². The number of ether oxygens (including phenoxy) is 3. The van der Waals surface area contributed by atoms with Crippen LogP contribution in [0.25, 0.3) is 0 Å². The van der Waals surface area contributed by atoms with Crippen LogP contribution in [-0.4, -0.2) is 37.9 Å². The van der Waals surface area contributed by atoms with E-state index in [1.807, 2.05) is 0 Å². The maximum Gasteiger partial charge on any atom is 0.316 e. The average Bonchev–Trinajstić information content (AvgIpc) is 3.16. The summed E-state index contributed by atoms with van der Waals surface area (Å²) >= 11 is 0. The number of esters is 1. The third-order valence-electron chi connectivity index (χ3n) is 5.62. The minimum absolute atomic E-state index is 0.0424. The number of carbonyl (C=O) groups excluding carboxylic acids is 2. The van der Waals surface area contributed by atoms with Crippen molar-refractivity contribution in [2.45, 2.75) is 71.0 Å². The highest BCUT2D eigenvalue weighted by atomic mass is 16.7. The van der Waals surface area contributed by atoms with E-state index >= 15 is 0 Å². The van der Waals surface area contributed by atoms with Crippen molar-refractivity contribution in [3.8, 4) is 0 Å². The summed E-state index contributed by atoms with van der Waals surface area (Å²) in [5, 5.41) is 0. The second-order valence-electron chi connectivity index (χ2n) is 7.13. The van der Waals surface area contributed by atoms with Crippen LogP contribution >= 0.6 is 0 Å². The Morgan fingerprint density at radius 1 is 1.17 bits per heavy atom. The Morgan fingerprint density at radius 2 is 1.83 bits per heavy atom. The molecule has 3 atom stereocenters.